The van der Waals surface area contributed by atoms with Crippen molar-refractivity contribution < 1.29 is 9.53 Å². The molecule has 1 aromatic heterocycles. The number of hydrogen-bond acceptors (Lipinski definition) is 3. The van der Waals surface area contributed by atoms with Gasteiger partial charge in [0.2, 0.25) is 5.78 Å². The molecule has 1 heterocycles. The molecule has 0 bridgehead atoms. The molecule has 0 fully saturated rings. The van der Waals surface area contributed by atoms with Gasteiger partial charge in [0.15, 0.2) is 0 Å². The Labute approximate surface area is 147 Å². The Morgan fingerprint density at radius 3 is 2.60 bits per heavy atom. The molecule has 0 unspecified atom stereocenters. The predicted molar refractivity (Wildman–Crippen MR) is 96.3 cm³/mol. The van der Waals surface area contributed by atoms with Crippen molar-refractivity contribution in [3.63, 3.8) is 0 Å². The maximum atomic E-state index is 13.2. The highest BCUT2D eigenvalue weighted by Crippen LogP contribution is 2.26. The van der Waals surface area contributed by atoms with E-state index in [-0.39, 0.29) is 5.78 Å². The molecule has 0 spiro atoms. The number of hydrogen-bond donors (Lipinski definition) is 0. The van der Waals surface area contributed by atoms with Crippen LogP contribution < -0.4 is 4.74 Å². The van der Waals surface area contributed by atoms with E-state index in [1.807, 2.05) is 60.0 Å². The molecular weight excluding hydrogens is 312 g/mol. The lowest BCUT2D eigenvalue weighted by atomic mass is 10.0. The van der Waals surface area contributed by atoms with Crippen molar-refractivity contribution in [3.05, 3.63) is 82.4 Å². The predicted octanol–water partition coefficient (Wildman–Crippen LogP) is 3.58. The molecule has 4 heteroatoms. The number of ether oxygens (including phenoxy) is 1. The van der Waals surface area contributed by atoms with Crippen LogP contribution >= 0.6 is 0 Å². The number of rotatable bonds is 3. The highest BCUT2D eigenvalue weighted by atomic mass is 16.5. The summed E-state index contributed by atoms with van der Waals surface area (Å²) in [6.07, 6.45) is 1.66. The molecule has 2 aromatic carbocycles. The zero-order valence-electron chi connectivity index (χ0n) is 14.5. The highest BCUT2D eigenvalue weighted by molar-refractivity contribution is 6.10. The molecule has 0 saturated carbocycles. The quantitative estimate of drug-likeness (QED) is 0.736. The number of benzene rings is 2. The molecule has 0 atom stereocenters. The summed E-state index contributed by atoms with van der Waals surface area (Å²) in [6.45, 7) is 2.60. The molecule has 0 radical (unpaired) electrons. The fourth-order valence-corrected chi connectivity index (χ4v) is 3.50. The number of methoxy groups -OCH3 is 1. The molecule has 126 valence electrons. The third-order valence-electron chi connectivity index (χ3n) is 4.84. The van der Waals surface area contributed by atoms with E-state index in [1.54, 1.807) is 7.11 Å². The number of carbonyl (C=O) groups excluding carboxylic acids is 1. The topological polar surface area (TPSA) is 44.1 Å². The second kappa shape index (κ2) is 6.20. The van der Waals surface area contributed by atoms with E-state index < -0.39 is 0 Å². The van der Waals surface area contributed by atoms with E-state index in [9.17, 15) is 4.79 Å². The number of fused-ring (bicyclic) bond motifs is 2. The fraction of sp³-hybridized carbons (Fsp3) is 0.238. The van der Waals surface area contributed by atoms with Gasteiger partial charge in [0.25, 0.3) is 0 Å². The maximum absolute atomic E-state index is 13.2. The van der Waals surface area contributed by atoms with Crippen LogP contribution in [0.4, 0.5) is 0 Å². The summed E-state index contributed by atoms with van der Waals surface area (Å²) in [6, 6.07) is 15.8. The molecule has 0 aliphatic heterocycles. The monoisotopic (exact) mass is 332 g/mol. The van der Waals surface area contributed by atoms with Gasteiger partial charge in [-0.1, -0.05) is 36.4 Å². The van der Waals surface area contributed by atoms with E-state index in [1.165, 1.54) is 0 Å². The summed E-state index contributed by atoms with van der Waals surface area (Å²) in [7, 11) is 1.66. The van der Waals surface area contributed by atoms with Crippen LogP contribution in [0, 0.1) is 6.92 Å². The highest BCUT2D eigenvalue weighted by Gasteiger charge is 2.27. The third-order valence-corrected chi connectivity index (χ3v) is 4.84. The summed E-state index contributed by atoms with van der Waals surface area (Å²) in [5.74, 6) is 1.79. The van der Waals surface area contributed by atoms with Crippen molar-refractivity contribution in [1.29, 1.82) is 0 Å². The first kappa shape index (κ1) is 15.6. The fourth-order valence-electron chi connectivity index (χ4n) is 3.50. The zero-order valence-corrected chi connectivity index (χ0v) is 14.5. The van der Waals surface area contributed by atoms with Crippen molar-refractivity contribution >= 4 is 5.78 Å². The van der Waals surface area contributed by atoms with Gasteiger partial charge in [-0.25, -0.2) is 4.98 Å². The lowest BCUT2D eigenvalue weighted by molar-refractivity contribution is 0.103. The Bertz CT molecular complexity index is 939. The molecule has 4 nitrogen and oxygen atoms in total. The number of carbonyl (C=O) groups is 1. The van der Waals surface area contributed by atoms with E-state index in [0.717, 1.165) is 52.5 Å². The average Bonchev–Trinajstić information content (AvgIpc) is 2.88. The van der Waals surface area contributed by atoms with Crippen molar-refractivity contribution in [3.8, 4) is 5.75 Å². The van der Waals surface area contributed by atoms with Gasteiger partial charge in [-0.3, -0.25) is 4.79 Å². The summed E-state index contributed by atoms with van der Waals surface area (Å²) in [5.41, 5.74) is 4.68. The van der Waals surface area contributed by atoms with Gasteiger partial charge in [0, 0.05) is 12.1 Å². The number of nitrogens with zero attached hydrogens (tertiary/aromatic N) is 2. The minimum atomic E-state index is 0.0808. The molecule has 0 saturated heterocycles. The van der Waals surface area contributed by atoms with Crippen LogP contribution in [0.15, 0.2) is 48.5 Å². The van der Waals surface area contributed by atoms with E-state index in [2.05, 4.69) is 0 Å². The van der Waals surface area contributed by atoms with Crippen LogP contribution in [0.2, 0.25) is 0 Å². The smallest absolute Gasteiger partial charge is 0.211 e. The lowest BCUT2D eigenvalue weighted by Gasteiger charge is -2.11. The number of aryl methyl sites for hydroxylation is 3. The van der Waals surface area contributed by atoms with Crippen LogP contribution in [0.1, 0.15) is 38.7 Å². The van der Waals surface area contributed by atoms with Crippen LogP contribution in [-0.2, 0) is 19.4 Å². The van der Waals surface area contributed by atoms with Gasteiger partial charge >= 0.3 is 0 Å². The van der Waals surface area contributed by atoms with Gasteiger partial charge in [0.1, 0.15) is 17.3 Å². The van der Waals surface area contributed by atoms with Gasteiger partial charge < -0.3 is 9.30 Å². The van der Waals surface area contributed by atoms with Crippen molar-refractivity contribution in [1.82, 2.24) is 9.55 Å². The Balaban J connectivity index is 1.76. The lowest BCUT2D eigenvalue weighted by Crippen LogP contribution is -2.13. The van der Waals surface area contributed by atoms with Crippen molar-refractivity contribution in [2.24, 2.45) is 0 Å². The first-order chi connectivity index (χ1) is 12.2. The first-order valence-corrected chi connectivity index (χ1v) is 8.49. The number of aromatic nitrogens is 2. The van der Waals surface area contributed by atoms with Crippen LogP contribution in [-0.4, -0.2) is 22.4 Å². The largest absolute Gasteiger partial charge is 0.497 e. The van der Waals surface area contributed by atoms with Crippen molar-refractivity contribution in [2.45, 2.75) is 26.3 Å². The summed E-state index contributed by atoms with van der Waals surface area (Å²) in [5, 5.41) is 0. The van der Waals surface area contributed by atoms with Gasteiger partial charge in [0.05, 0.1) is 12.8 Å². The van der Waals surface area contributed by atoms with Gasteiger partial charge in [-0.05, 0) is 43.0 Å². The number of ketones is 1. The summed E-state index contributed by atoms with van der Waals surface area (Å²) >= 11 is 0. The molecule has 3 aromatic rings. The Hall–Kier alpha value is -2.88. The molecule has 4 rings (SSSR count). The van der Waals surface area contributed by atoms with E-state index in [4.69, 9.17) is 9.72 Å². The minimum Gasteiger partial charge on any atom is -0.497 e. The second-order valence-electron chi connectivity index (χ2n) is 6.37. The standard InChI is InChI=1S/C21H20N2O2/c1-14-22-19-12-9-16-5-3-4-6-18(16)21(24)20(19)23(14)13-15-7-10-17(25-2)11-8-15/h3-8,10-11H,9,12-13H2,1-2H3. The normalized spacial score (nSPS) is 13.1. The van der Waals surface area contributed by atoms with E-state index in [0.29, 0.717) is 6.54 Å². The molecule has 0 amide bonds. The van der Waals surface area contributed by atoms with Gasteiger partial charge in [-0.15, -0.1) is 0 Å². The molecular formula is C21H20N2O2. The van der Waals surface area contributed by atoms with E-state index >= 15 is 0 Å². The second-order valence-corrected chi connectivity index (χ2v) is 6.37. The minimum absolute atomic E-state index is 0.0808. The number of imidazole rings is 1. The summed E-state index contributed by atoms with van der Waals surface area (Å²) in [4.78, 5) is 17.9. The van der Waals surface area contributed by atoms with Crippen LogP contribution in [0.3, 0.4) is 0 Å². The molecule has 1 aliphatic carbocycles. The van der Waals surface area contributed by atoms with Crippen LogP contribution in [0.5, 0.6) is 5.75 Å². The Morgan fingerprint density at radius 1 is 1.08 bits per heavy atom. The first-order valence-electron chi connectivity index (χ1n) is 8.49. The van der Waals surface area contributed by atoms with Gasteiger partial charge in [-0.2, -0.15) is 0 Å². The average molecular weight is 332 g/mol. The summed E-state index contributed by atoms with van der Waals surface area (Å²) < 4.78 is 7.26. The molecule has 0 N–H and O–H groups in total. The third kappa shape index (κ3) is 2.74. The molecule has 25 heavy (non-hydrogen) atoms. The molecule has 1 aliphatic rings. The maximum Gasteiger partial charge on any atom is 0.211 e. The van der Waals surface area contributed by atoms with Crippen LogP contribution in [0.25, 0.3) is 0 Å². The Kier molecular flexibility index (Phi) is 3.88. The van der Waals surface area contributed by atoms with Crippen molar-refractivity contribution in [2.75, 3.05) is 7.11 Å². The SMILES string of the molecule is COc1ccc(Cn2c(C)nc3c2C(=O)c2ccccc2CC3)cc1. The Morgan fingerprint density at radius 2 is 1.84 bits per heavy atom. The zero-order chi connectivity index (χ0) is 17.4.